The lowest BCUT2D eigenvalue weighted by molar-refractivity contribution is -0.118. The molecule has 0 heterocycles. The van der Waals surface area contributed by atoms with Crippen molar-refractivity contribution in [3.63, 3.8) is 0 Å². The van der Waals surface area contributed by atoms with Gasteiger partial charge in [-0.25, -0.2) is 0 Å². The highest BCUT2D eigenvalue weighted by molar-refractivity contribution is 6.71. The van der Waals surface area contributed by atoms with Gasteiger partial charge in [0.1, 0.15) is 6.10 Å². The summed E-state index contributed by atoms with van der Waals surface area (Å²) in [6, 6.07) is 0. The quantitative estimate of drug-likeness (QED) is 0.212. The Kier molecular flexibility index (Phi) is 12.7. The molecule has 0 amide bonds. The summed E-state index contributed by atoms with van der Waals surface area (Å²) >= 11 is 5.63. The Hall–Kier alpha value is 0.137. The molecule has 1 atom stereocenters. The van der Waals surface area contributed by atoms with Crippen molar-refractivity contribution in [2.75, 3.05) is 0 Å². The fourth-order valence-electron chi connectivity index (χ4n) is 2.46. The van der Waals surface area contributed by atoms with E-state index in [1.165, 1.54) is 57.8 Å². The van der Waals surface area contributed by atoms with Crippen LogP contribution in [0.5, 0.6) is 0 Å². The lowest BCUT2D eigenvalue weighted by Gasteiger charge is -2.23. The predicted molar refractivity (Wildman–Crippen MR) is 95.5 cm³/mol. The maximum absolute atomic E-state index is 11.4. The van der Waals surface area contributed by atoms with Crippen LogP contribution in [0, 0.1) is 0 Å². The minimum Gasteiger partial charge on any atom is -0.406 e. The topological polar surface area (TPSA) is 26.3 Å². The molecule has 0 saturated carbocycles. The molecule has 0 N–H and O–H groups in total. The first-order chi connectivity index (χ1) is 9.87. The first-order valence-corrected chi connectivity index (χ1v) is 12.5. The Morgan fingerprint density at radius 1 is 0.905 bits per heavy atom. The Balaban J connectivity index is 3.53. The van der Waals surface area contributed by atoms with Gasteiger partial charge in [0.2, 0.25) is 5.24 Å². The molecule has 0 saturated heterocycles. The van der Waals surface area contributed by atoms with Crippen LogP contribution in [-0.4, -0.2) is 19.7 Å². The monoisotopic (exact) mass is 334 g/mol. The van der Waals surface area contributed by atoms with Crippen LogP contribution >= 0.6 is 11.6 Å². The highest BCUT2D eigenvalue weighted by Gasteiger charge is 2.24. The fraction of sp³-hybridized carbons (Fsp3) is 0.941. The summed E-state index contributed by atoms with van der Waals surface area (Å²) in [5.41, 5.74) is 0. The zero-order chi connectivity index (χ0) is 16.1. The van der Waals surface area contributed by atoms with Crippen molar-refractivity contribution in [3.05, 3.63) is 0 Å². The maximum atomic E-state index is 11.4. The molecule has 4 heteroatoms. The SMILES string of the molecule is CCCCCCCCCCCCC(O[Si](C)(C)C)C(=O)Cl. The average Bonchev–Trinajstić information content (AvgIpc) is 2.38. The minimum absolute atomic E-state index is 0.326. The van der Waals surface area contributed by atoms with Gasteiger partial charge in [-0.15, -0.1) is 0 Å². The smallest absolute Gasteiger partial charge is 0.249 e. The van der Waals surface area contributed by atoms with Gasteiger partial charge in [-0.05, 0) is 37.7 Å². The molecule has 0 aromatic carbocycles. The lowest BCUT2D eigenvalue weighted by atomic mass is 10.0. The number of hydrogen-bond donors (Lipinski definition) is 0. The molecule has 21 heavy (non-hydrogen) atoms. The molecule has 0 fully saturated rings. The van der Waals surface area contributed by atoms with E-state index >= 15 is 0 Å². The van der Waals surface area contributed by atoms with Gasteiger partial charge in [-0.1, -0.05) is 71.1 Å². The largest absolute Gasteiger partial charge is 0.406 e. The van der Waals surface area contributed by atoms with E-state index in [1.807, 2.05) is 0 Å². The van der Waals surface area contributed by atoms with Gasteiger partial charge >= 0.3 is 0 Å². The fourth-order valence-corrected chi connectivity index (χ4v) is 3.77. The van der Waals surface area contributed by atoms with Gasteiger partial charge in [0.15, 0.2) is 8.32 Å². The number of unbranched alkanes of at least 4 members (excludes halogenated alkanes) is 9. The van der Waals surface area contributed by atoms with E-state index in [-0.39, 0.29) is 11.3 Å². The Labute approximate surface area is 138 Å². The second-order valence-electron chi connectivity index (χ2n) is 6.99. The second-order valence-corrected chi connectivity index (χ2v) is 11.8. The first kappa shape index (κ1) is 21.1. The lowest BCUT2D eigenvalue weighted by Crippen LogP contribution is -2.35. The van der Waals surface area contributed by atoms with Gasteiger partial charge in [0.25, 0.3) is 0 Å². The summed E-state index contributed by atoms with van der Waals surface area (Å²) in [7, 11) is -1.69. The normalized spacial score (nSPS) is 13.4. The van der Waals surface area contributed by atoms with Crippen molar-refractivity contribution >= 4 is 25.2 Å². The summed E-state index contributed by atoms with van der Waals surface area (Å²) in [5.74, 6) is 0. The molecular formula is C17H35ClO2Si. The van der Waals surface area contributed by atoms with Gasteiger partial charge in [-0.3, -0.25) is 4.79 Å². The number of hydrogen-bond acceptors (Lipinski definition) is 2. The molecule has 0 aromatic rings. The molecule has 0 aliphatic carbocycles. The van der Waals surface area contributed by atoms with E-state index in [0.29, 0.717) is 0 Å². The molecule has 0 radical (unpaired) electrons. The highest BCUT2D eigenvalue weighted by Crippen LogP contribution is 2.17. The number of carbonyl (C=O) groups excluding carboxylic acids is 1. The molecule has 0 spiro atoms. The van der Waals surface area contributed by atoms with Crippen molar-refractivity contribution in [3.8, 4) is 0 Å². The van der Waals surface area contributed by atoms with Gasteiger partial charge < -0.3 is 4.43 Å². The van der Waals surface area contributed by atoms with Crippen LogP contribution in [0.4, 0.5) is 0 Å². The van der Waals surface area contributed by atoms with Crippen molar-refractivity contribution in [1.29, 1.82) is 0 Å². The molecule has 0 bridgehead atoms. The third kappa shape index (κ3) is 14.8. The third-order valence-corrected chi connectivity index (χ3v) is 4.80. The second kappa shape index (κ2) is 12.7. The van der Waals surface area contributed by atoms with Crippen LogP contribution in [0.2, 0.25) is 19.6 Å². The van der Waals surface area contributed by atoms with Crippen LogP contribution in [0.25, 0.3) is 0 Å². The van der Waals surface area contributed by atoms with Crippen molar-refractivity contribution in [1.82, 2.24) is 0 Å². The Morgan fingerprint density at radius 3 is 1.71 bits per heavy atom. The van der Waals surface area contributed by atoms with Gasteiger partial charge in [0, 0.05) is 0 Å². The van der Waals surface area contributed by atoms with E-state index in [9.17, 15) is 4.79 Å². The van der Waals surface area contributed by atoms with Gasteiger partial charge in [0.05, 0.1) is 0 Å². The molecule has 0 rings (SSSR count). The summed E-state index contributed by atoms with van der Waals surface area (Å²) in [6.45, 7) is 8.54. The molecule has 0 aliphatic heterocycles. The summed E-state index contributed by atoms with van der Waals surface area (Å²) in [6.07, 6.45) is 13.4. The predicted octanol–water partition coefficient (Wildman–Crippen LogP) is 6.28. The van der Waals surface area contributed by atoms with E-state index in [0.717, 1.165) is 12.8 Å². The molecule has 0 aromatic heterocycles. The number of halogens is 1. The van der Waals surface area contributed by atoms with Crippen molar-refractivity contribution in [2.24, 2.45) is 0 Å². The van der Waals surface area contributed by atoms with E-state index in [2.05, 4.69) is 26.6 Å². The van der Waals surface area contributed by atoms with E-state index in [4.69, 9.17) is 16.0 Å². The van der Waals surface area contributed by atoms with Crippen molar-refractivity contribution < 1.29 is 9.22 Å². The summed E-state index contributed by atoms with van der Waals surface area (Å²) < 4.78 is 5.84. The van der Waals surface area contributed by atoms with Crippen LogP contribution in [-0.2, 0) is 9.22 Å². The van der Waals surface area contributed by atoms with Crippen LogP contribution in [0.3, 0.4) is 0 Å². The third-order valence-electron chi connectivity index (χ3n) is 3.57. The number of carbonyl (C=O) groups is 1. The zero-order valence-corrected chi connectivity index (χ0v) is 16.3. The van der Waals surface area contributed by atoms with E-state index in [1.54, 1.807) is 0 Å². The highest BCUT2D eigenvalue weighted by atomic mass is 35.5. The first-order valence-electron chi connectivity index (χ1n) is 8.74. The van der Waals surface area contributed by atoms with E-state index < -0.39 is 8.32 Å². The molecular weight excluding hydrogens is 300 g/mol. The summed E-state index contributed by atoms with van der Waals surface area (Å²) in [5, 5.41) is -0.326. The maximum Gasteiger partial charge on any atom is 0.249 e. The van der Waals surface area contributed by atoms with Gasteiger partial charge in [-0.2, -0.15) is 0 Å². The minimum atomic E-state index is -1.69. The Bertz CT molecular complexity index is 264. The molecule has 126 valence electrons. The van der Waals surface area contributed by atoms with Crippen LogP contribution in [0.1, 0.15) is 77.6 Å². The molecule has 0 aliphatic rings. The van der Waals surface area contributed by atoms with Crippen molar-refractivity contribution in [2.45, 2.75) is 103 Å². The Morgan fingerprint density at radius 2 is 1.33 bits per heavy atom. The van der Waals surface area contributed by atoms with Crippen LogP contribution in [0.15, 0.2) is 0 Å². The summed E-state index contributed by atoms with van der Waals surface area (Å²) in [4.78, 5) is 11.4. The van der Waals surface area contributed by atoms with Crippen LogP contribution < -0.4 is 0 Å². The average molecular weight is 335 g/mol. The zero-order valence-electron chi connectivity index (χ0n) is 14.5. The number of rotatable bonds is 14. The molecule has 2 nitrogen and oxygen atoms in total. The standard InChI is InChI=1S/C17H35ClO2Si/c1-5-6-7-8-9-10-11-12-13-14-15-16(17(18)19)20-21(2,3)4/h16H,5-15H2,1-4H3. The molecule has 1 unspecified atom stereocenters.